The predicted octanol–water partition coefficient (Wildman–Crippen LogP) is 3.64. The van der Waals surface area contributed by atoms with Crippen LogP contribution in [0.25, 0.3) is 6.08 Å². The number of hydrogen-bond donors (Lipinski definition) is 0. The first-order valence-electron chi connectivity index (χ1n) is 7.46. The predicted molar refractivity (Wildman–Crippen MR) is 90.2 cm³/mol. The Morgan fingerprint density at radius 1 is 1.04 bits per heavy atom. The van der Waals surface area contributed by atoms with E-state index in [0.717, 1.165) is 16.9 Å². The van der Waals surface area contributed by atoms with Gasteiger partial charge in [0.05, 0.1) is 14.2 Å². The molecular formula is C19H18O5. The monoisotopic (exact) mass is 326 g/mol. The van der Waals surface area contributed by atoms with E-state index >= 15 is 0 Å². The van der Waals surface area contributed by atoms with Crippen molar-refractivity contribution >= 4 is 11.9 Å². The molecule has 0 aromatic heterocycles. The van der Waals surface area contributed by atoms with Gasteiger partial charge in [0.15, 0.2) is 17.3 Å². The van der Waals surface area contributed by atoms with Gasteiger partial charge in [-0.1, -0.05) is 6.08 Å². The molecule has 0 aliphatic carbocycles. The normalized spacial score (nSPS) is 12.5. The Hall–Kier alpha value is -2.95. The second-order valence-corrected chi connectivity index (χ2v) is 5.37. The van der Waals surface area contributed by atoms with Crippen LogP contribution in [0.15, 0.2) is 36.4 Å². The van der Waals surface area contributed by atoms with E-state index in [-0.39, 0.29) is 12.6 Å². The average molecular weight is 326 g/mol. The van der Waals surface area contributed by atoms with Gasteiger partial charge in [0.25, 0.3) is 0 Å². The fourth-order valence-corrected chi connectivity index (χ4v) is 2.53. The molecule has 5 nitrogen and oxygen atoms in total. The Bertz CT molecular complexity index is 785. The molecule has 0 N–H and O–H groups in total. The van der Waals surface area contributed by atoms with E-state index in [4.69, 9.17) is 18.9 Å². The highest BCUT2D eigenvalue weighted by Crippen LogP contribution is 2.36. The van der Waals surface area contributed by atoms with Crippen LogP contribution in [0.5, 0.6) is 23.0 Å². The highest BCUT2D eigenvalue weighted by atomic mass is 16.7. The van der Waals surface area contributed by atoms with Crippen molar-refractivity contribution in [2.45, 2.75) is 6.92 Å². The van der Waals surface area contributed by atoms with Gasteiger partial charge < -0.3 is 18.9 Å². The molecule has 5 heteroatoms. The van der Waals surface area contributed by atoms with Crippen LogP contribution in [0.1, 0.15) is 21.5 Å². The average Bonchev–Trinajstić information content (AvgIpc) is 3.08. The minimum Gasteiger partial charge on any atom is -0.497 e. The molecule has 0 atom stereocenters. The third-order valence-corrected chi connectivity index (χ3v) is 3.74. The maximum Gasteiger partial charge on any atom is 0.231 e. The number of fused-ring (bicyclic) bond motifs is 1. The number of ether oxygens (including phenoxy) is 4. The quantitative estimate of drug-likeness (QED) is 0.620. The molecule has 3 rings (SSSR count). The zero-order chi connectivity index (χ0) is 17.1. The first kappa shape index (κ1) is 15.9. The molecule has 2 aromatic carbocycles. The smallest absolute Gasteiger partial charge is 0.231 e. The van der Waals surface area contributed by atoms with Crippen molar-refractivity contribution in [2.75, 3.05) is 21.0 Å². The summed E-state index contributed by atoms with van der Waals surface area (Å²) in [4.78, 5) is 12.4. The molecule has 2 aromatic rings. The van der Waals surface area contributed by atoms with E-state index in [1.165, 1.54) is 6.08 Å². The highest BCUT2D eigenvalue weighted by Gasteiger charge is 2.16. The van der Waals surface area contributed by atoms with Gasteiger partial charge in [-0.2, -0.15) is 0 Å². The number of carbonyl (C=O) groups excluding carboxylic acids is 1. The summed E-state index contributed by atoms with van der Waals surface area (Å²) in [6.45, 7) is 2.17. The third kappa shape index (κ3) is 3.20. The SMILES string of the molecule is COc1cc(OC)cc(C(=O)/C=C/c2cc(C)c3c(c2)OCO3)c1. The number of carbonyl (C=O) groups is 1. The van der Waals surface area contributed by atoms with Gasteiger partial charge in [-0.05, 0) is 48.4 Å². The van der Waals surface area contributed by atoms with E-state index in [2.05, 4.69) is 0 Å². The summed E-state index contributed by atoms with van der Waals surface area (Å²) in [5.41, 5.74) is 2.35. The van der Waals surface area contributed by atoms with Crippen molar-refractivity contribution in [1.82, 2.24) is 0 Å². The van der Waals surface area contributed by atoms with Crippen molar-refractivity contribution in [2.24, 2.45) is 0 Å². The summed E-state index contributed by atoms with van der Waals surface area (Å²) in [7, 11) is 3.10. The second-order valence-electron chi connectivity index (χ2n) is 5.37. The van der Waals surface area contributed by atoms with Crippen LogP contribution < -0.4 is 18.9 Å². The number of ketones is 1. The van der Waals surface area contributed by atoms with Gasteiger partial charge in [0.1, 0.15) is 11.5 Å². The minimum absolute atomic E-state index is 0.137. The number of methoxy groups -OCH3 is 2. The molecule has 0 spiro atoms. The topological polar surface area (TPSA) is 54.0 Å². The molecule has 0 fully saturated rings. The number of allylic oxidation sites excluding steroid dienone is 1. The molecule has 124 valence electrons. The van der Waals surface area contributed by atoms with Crippen molar-refractivity contribution in [3.8, 4) is 23.0 Å². The van der Waals surface area contributed by atoms with Crippen LogP contribution in [-0.4, -0.2) is 26.8 Å². The number of benzene rings is 2. The fraction of sp³-hybridized carbons (Fsp3) is 0.211. The lowest BCUT2D eigenvalue weighted by molar-refractivity contribution is 0.104. The lowest BCUT2D eigenvalue weighted by Crippen LogP contribution is -1.97. The van der Waals surface area contributed by atoms with Crippen molar-refractivity contribution in [3.05, 3.63) is 53.1 Å². The highest BCUT2D eigenvalue weighted by molar-refractivity contribution is 6.07. The molecule has 0 radical (unpaired) electrons. The van der Waals surface area contributed by atoms with Gasteiger partial charge in [0, 0.05) is 11.6 Å². The molecule has 0 saturated carbocycles. The van der Waals surface area contributed by atoms with E-state index in [0.29, 0.717) is 22.8 Å². The zero-order valence-corrected chi connectivity index (χ0v) is 13.8. The molecule has 1 heterocycles. The standard InChI is InChI=1S/C19H18O5/c1-12-6-13(7-18-19(12)24-11-23-18)4-5-17(20)14-8-15(21-2)10-16(9-14)22-3/h4-10H,11H2,1-3H3/b5-4+. The van der Waals surface area contributed by atoms with E-state index in [9.17, 15) is 4.79 Å². The van der Waals surface area contributed by atoms with Crippen LogP contribution in [0.2, 0.25) is 0 Å². The summed E-state index contributed by atoms with van der Waals surface area (Å²) in [5, 5.41) is 0. The number of rotatable bonds is 5. The lowest BCUT2D eigenvalue weighted by Gasteiger charge is -2.06. The lowest BCUT2D eigenvalue weighted by atomic mass is 10.1. The largest absolute Gasteiger partial charge is 0.497 e. The van der Waals surface area contributed by atoms with Crippen LogP contribution in [-0.2, 0) is 0 Å². The van der Waals surface area contributed by atoms with Gasteiger partial charge in [-0.15, -0.1) is 0 Å². The fourth-order valence-electron chi connectivity index (χ4n) is 2.53. The first-order chi connectivity index (χ1) is 11.6. The molecule has 24 heavy (non-hydrogen) atoms. The molecule has 1 aliphatic rings. The summed E-state index contributed by atoms with van der Waals surface area (Å²) in [6, 6.07) is 8.89. The summed E-state index contributed by atoms with van der Waals surface area (Å²) >= 11 is 0. The maximum atomic E-state index is 12.4. The van der Waals surface area contributed by atoms with Gasteiger partial charge in [-0.25, -0.2) is 0 Å². The Labute approximate surface area is 140 Å². The number of aryl methyl sites for hydroxylation is 1. The van der Waals surface area contributed by atoms with Gasteiger partial charge in [-0.3, -0.25) is 4.79 Å². The van der Waals surface area contributed by atoms with Crippen molar-refractivity contribution in [1.29, 1.82) is 0 Å². The summed E-state index contributed by atoms with van der Waals surface area (Å²) in [5.74, 6) is 2.47. The maximum absolute atomic E-state index is 12.4. The first-order valence-corrected chi connectivity index (χ1v) is 7.46. The molecule has 1 aliphatic heterocycles. The van der Waals surface area contributed by atoms with Crippen molar-refractivity contribution in [3.63, 3.8) is 0 Å². The zero-order valence-electron chi connectivity index (χ0n) is 13.8. The van der Waals surface area contributed by atoms with Crippen LogP contribution >= 0.6 is 0 Å². The number of hydrogen-bond acceptors (Lipinski definition) is 5. The van der Waals surface area contributed by atoms with Crippen LogP contribution in [0.3, 0.4) is 0 Å². The Kier molecular flexibility index (Phi) is 4.42. The summed E-state index contributed by atoms with van der Waals surface area (Å²) < 4.78 is 21.2. The molecule has 0 saturated heterocycles. The van der Waals surface area contributed by atoms with Gasteiger partial charge >= 0.3 is 0 Å². The van der Waals surface area contributed by atoms with E-state index < -0.39 is 0 Å². The molecule has 0 bridgehead atoms. The van der Waals surface area contributed by atoms with Crippen molar-refractivity contribution < 1.29 is 23.7 Å². The Balaban J connectivity index is 1.84. The molecule has 0 unspecified atom stereocenters. The summed E-state index contributed by atoms with van der Waals surface area (Å²) in [6.07, 6.45) is 3.27. The van der Waals surface area contributed by atoms with Crippen LogP contribution in [0.4, 0.5) is 0 Å². The van der Waals surface area contributed by atoms with E-state index in [1.54, 1.807) is 38.5 Å². The third-order valence-electron chi connectivity index (χ3n) is 3.74. The van der Waals surface area contributed by atoms with Gasteiger partial charge in [0.2, 0.25) is 6.79 Å². The molecular weight excluding hydrogens is 308 g/mol. The van der Waals surface area contributed by atoms with E-state index in [1.807, 2.05) is 19.1 Å². The second kappa shape index (κ2) is 6.66. The molecule has 0 amide bonds. The van der Waals surface area contributed by atoms with Crippen LogP contribution in [0, 0.1) is 6.92 Å². The Morgan fingerprint density at radius 2 is 1.75 bits per heavy atom. The Morgan fingerprint density at radius 3 is 2.42 bits per heavy atom. The minimum atomic E-state index is -0.137.